The van der Waals surface area contributed by atoms with Gasteiger partial charge in [-0.15, -0.1) is 18.5 Å². The summed E-state index contributed by atoms with van der Waals surface area (Å²) in [5, 5.41) is 0. The minimum absolute atomic E-state index is 1.00. The molecule has 0 spiro atoms. The fraction of sp³-hybridized carbons (Fsp3) is 0.100. The molecule has 0 N–H and O–H groups in total. The van der Waals surface area contributed by atoms with Crippen LogP contribution in [0.5, 0.6) is 0 Å². The van der Waals surface area contributed by atoms with E-state index in [-0.39, 0.29) is 0 Å². The highest BCUT2D eigenvalue weighted by atomic mass is 31.0. The topological polar surface area (TPSA) is 0 Å². The van der Waals surface area contributed by atoms with Gasteiger partial charge in [0.05, 0.1) is 0 Å². The zero-order valence-electron chi connectivity index (χ0n) is 12.5. The van der Waals surface area contributed by atoms with E-state index < -0.39 is 0 Å². The molecule has 0 aromatic heterocycles. The molecule has 0 saturated carbocycles. The Bertz CT molecular complexity index is 681. The van der Waals surface area contributed by atoms with Gasteiger partial charge in [-0.05, 0) is 51.8 Å². The molecule has 2 heteroatoms. The lowest BCUT2D eigenvalue weighted by Crippen LogP contribution is -1.83. The fourth-order valence-electron chi connectivity index (χ4n) is 2.54. The highest BCUT2D eigenvalue weighted by molar-refractivity contribution is 7.15. The molecule has 2 atom stereocenters. The van der Waals surface area contributed by atoms with Crippen molar-refractivity contribution in [1.82, 2.24) is 0 Å². The Balaban J connectivity index is 1.93. The van der Waals surface area contributed by atoms with E-state index in [9.17, 15) is 0 Å². The van der Waals surface area contributed by atoms with Gasteiger partial charge in [-0.3, -0.25) is 0 Å². The summed E-state index contributed by atoms with van der Waals surface area (Å²) in [6.45, 7) is 0. The molecule has 0 amide bonds. The summed E-state index contributed by atoms with van der Waals surface area (Å²) in [6.07, 6.45) is 2.00. The molecule has 3 aromatic rings. The average molecular weight is 322 g/mol. The van der Waals surface area contributed by atoms with Crippen LogP contribution in [0.1, 0.15) is 11.1 Å². The van der Waals surface area contributed by atoms with Crippen molar-refractivity contribution < 1.29 is 0 Å². The van der Waals surface area contributed by atoms with Crippen LogP contribution < -0.4 is 0 Å². The Morgan fingerprint density at radius 2 is 0.909 bits per heavy atom. The van der Waals surface area contributed by atoms with Crippen LogP contribution in [0.15, 0.2) is 72.8 Å². The summed E-state index contributed by atoms with van der Waals surface area (Å²) in [5.74, 6) is 0. The van der Waals surface area contributed by atoms with Crippen LogP contribution in [0.3, 0.4) is 0 Å². The number of hydrogen-bond acceptors (Lipinski definition) is 0. The molecular weight excluding hydrogens is 302 g/mol. The summed E-state index contributed by atoms with van der Waals surface area (Å²) in [7, 11) is 5.53. The third-order valence-electron chi connectivity index (χ3n) is 3.91. The lowest BCUT2D eigenvalue weighted by molar-refractivity contribution is 1.41. The van der Waals surface area contributed by atoms with Crippen molar-refractivity contribution in [2.75, 3.05) is 0 Å². The van der Waals surface area contributed by atoms with Crippen molar-refractivity contribution in [1.29, 1.82) is 0 Å². The third kappa shape index (κ3) is 3.46. The summed E-state index contributed by atoms with van der Waals surface area (Å²) in [6, 6.07) is 26.4. The van der Waals surface area contributed by atoms with Crippen molar-refractivity contribution in [3.8, 4) is 22.3 Å². The van der Waals surface area contributed by atoms with Gasteiger partial charge >= 0.3 is 0 Å². The standard InChI is InChI=1S/C20H20P2/c21-13-15-4-8-17(9-5-15)19-2-1-3-20(12-19)18-10-6-16(14-22)7-11-18/h1-12H,13-14,21-22H2. The van der Waals surface area contributed by atoms with Crippen LogP contribution in [0.4, 0.5) is 0 Å². The van der Waals surface area contributed by atoms with Crippen molar-refractivity contribution in [3.05, 3.63) is 83.9 Å². The SMILES string of the molecule is PCc1ccc(-c2cccc(-c3ccc(CP)cc3)c2)cc1. The van der Waals surface area contributed by atoms with Gasteiger partial charge in [-0.1, -0.05) is 66.7 Å². The van der Waals surface area contributed by atoms with Gasteiger partial charge in [0.2, 0.25) is 0 Å². The van der Waals surface area contributed by atoms with E-state index in [4.69, 9.17) is 0 Å². The Labute approximate surface area is 137 Å². The molecule has 0 fully saturated rings. The minimum Gasteiger partial charge on any atom is -0.133 e. The number of rotatable bonds is 4. The van der Waals surface area contributed by atoms with Crippen molar-refractivity contribution in [3.63, 3.8) is 0 Å². The second-order valence-electron chi connectivity index (χ2n) is 5.38. The minimum atomic E-state index is 1.00. The van der Waals surface area contributed by atoms with Crippen molar-refractivity contribution in [2.45, 2.75) is 12.3 Å². The third-order valence-corrected chi connectivity index (χ3v) is 4.85. The van der Waals surface area contributed by atoms with Crippen LogP contribution in [0.2, 0.25) is 0 Å². The molecular formula is C20H20P2. The summed E-state index contributed by atoms with van der Waals surface area (Å²) < 4.78 is 0. The second kappa shape index (κ2) is 7.19. The summed E-state index contributed by atoms with van der Waals surface area (Å²) in [4.78, 5) is 0. The highest BCUT2D eigenvalue weighted by Gasteiger charge is 2.02. The first-order chi connectivity index (χ1) is 10.8. The monoisotopic (exact) mass is 322 g/mol. The van der Waals surface area contributed by atoms with Crippen LogP contribution in [-0.4, -0.2) is 0 Å². The molecule has 110 valence electrons. The molecule has 22 heavy (non-hydrogen) atoms. The van der Waals surface area contributed by atoms with E-state index in [2.05, 4.69) is 91.3 Å². The summed E-state index contributed by atoms with van der Waals surface area (Å²) in [5.41, 5.74) is 7.76. The number of hydrogen-bond donors (Lipinski definition) is 0. The Kier molecular flexibility index (Phi) is 5.04. The second-order valence-corrected chi connectivity index (χ2v) is 6.20. The number of benzene rings is 3. The quantitative estimate of drug-likeness (QED) is 0.535. The molecule has 0 saturated heterocycles. The van der Waals surface area contributed by atoms with E-state index >= 15 is 0 Å². The zero-order valence-corrected chi connectivity index (χ0v) is 14.8. The zero-order chi connectivity index (χ0) is 15.4. The molecule has 0 heterocycles. The maximum Gasteiger partial charge on any atom is -0.0128 e. The van der Waals surface area contributed by atoms with Gasteiger partial charge < -0.3 is 0 Å². The fourth-order valence-corrected chi connectivity index (χ4v) is 3.09. The first kappa shape index (κ1) is 15.4. The normalized spacial score (nSPS) is 10.6. The predicted octanol–water partition coefficient (Wildman–Crippen LogP) is 5.77. The molecule has 3 aromatic carbocycles. The molecule has 2 unspecified atom stereocenters. The van der Waals surface area contributed by atoms with Crippen molar-refractivity contribution >= 4 is 18.5 Å². The van der Waals surface area contributed by atoms with E-state index in [0.717, 1.165) is 12.3 Å². The van der Waals surface area contributed by atoms with E-state index in [1.54, 1.807) is 0 Å². The van der Waals surface area contributed by atoms with Crippen LogP contribution in [0.25, 0.3) is 22.3 Å². The van der Waals surface area contributed by atoms with Gasteiger partial charge in [0, 0.05) is 0 Å². The maximum absolute atomic E-state index is 2.77. The van der Waals surface area contributed by atoms with E-state index in [0.29, 0.717) is 0 Å². The molecule has 0 radical (unpaired) electrons. The Morgan fingerprint density at radius 1 is 0.500 bits per heavy atom. The molecule has 3 rings (SSSR count). The van der Waals surface area contributed by atoms with E-state index in [1.165, 1.54) is 33.4 Å². The van der Waals surface area contributed by atoms with Crippen LogP contribution in [0, 0.1) is 0 Å². The summed E-state index contributed by atoms with van der Waals surface area (Å²) >= 11 is 0. The van der Waals surface area contributed by atoms with Gasteiger partial charge in [-0.2, -0.15) is 0 Å². The van der Waals surface area contributed by atoms with Gasteiger partial charge in [0.15, 0.2) is 0 Å². The molecule has 0 nitrogen and oxygen atoms in total. The van der Waals surface area contributed by atoms with E-state index in [1.807, 2.05) is 0 Å². The smallest absolute Gasteiger partial charge is 0.0128 e. The highest BCUT2D eigenvalue weighted by Crippen LogP contribution is 2.27. The lowest BCUT2D eigenvalue weighted by Gasteiger charge is -2.07. The van der Waals surface area contributed by atoms with Crippen molar-refractivity contribution in [2.24, 2.45) is 0 Å². The Morgan fingerprint density at radius 3 is 1.27 bits per heavy atom. The predicted molar refractivity (Wildman–Crippen MR) is 104 cm³/mol. The molecule has 0 aliphatic rings. The van der Waals surface area contributed by atoms with Gasteiger partial charge in [0.1, 0.15) is 0 Å². The maximum atomic E-state index is 2.77. The first-order valence-corrected chi connectivity index (χ1v) is 9.12. The largest absolute Gasteiger partial charge is 0.133 e. The average Bonchev–Trinajstić information content (AvgIpc) is 2.62. The molecule has 0 aliphatic heterocycles. The van der Waals surface area contributed by atoms with Crippen LogP contribution in [-0.2, 0) is 12.3 Å². The lowest BCUT2D eigenvalue weighted by atomic mass is 9.98. The first-order valence-electron chi connectivity index (χ1n) is 7.49. The van der Waals surface area contributed by atoms with Gasteiger partial charge in [0.25, 0.3) is 0 Å². The Hall–Kier alpha value is -1.48. The van der Waals surface area contributed by atoms with Gasteiger partial charge in [-0.25, -0.2) is 0 Å². The molecule has 0 bridgehead atoms. The molecule has 0 aliphatic carbocycles. The van der Waals surface area contributed by atoms with Crippen LogP contribution >= 0.6 is 18.5 Å².